The number of carbonyl (C=O) groups excluding carboxylic acids is 1. The number of hydrogen-bond donors (Lipinski definition) is 1. The van der Waals surface area contributed by atoms with Crippen molar-refractivity contribution in [1.29, 1.82) is 0 Å². The molecule has 0 bridgehead atoms. The van der Waals surface area contributed by atoms with Crippen LogP contribution in [-0.4, -0.2) is 24.7 Å². The number of ether oxygens (including phenoxy) is 1. The molecule has 1 aromatic carbocycles. The summed E-state index contributed by atoms with van der Waals surface area (Å²) in [5.74, 6) is 1.37. The Morgan fingerprint density at radius 3 is 2.52 bits per heavy atom. The molecule has 1 aromatic rings. The molecular weight excluding hydrogens is 310 g/mol. The minimum absolute atomic E-state index is 0.0519. The van der Waals surface area contributed by atoms with Gasteiger partial charge in [0.25, 0.3) is 0 Å². The second-order valence-electron chi connectivity index (χ2n) is 8.74. The molecule has 1 saturated heterocycles. The average Bonchev–Trinajstić information content (AvgIpc) is 2.89. The van der Waals surface area contributed by atoms with Gasteiger partial charge >= 0.3 is 5.97 Å². The highest BCUT2D eigenvalue weighted by molar-refractivity contribution is 5.83. The lowest BCUT2D eigenvalue weighted by atomic mass is 9.59. The van der Waals surface area contributed by atoms with Gasteiger partial charge in [-0.1, -0.05) is 56.0 Å². The summed E-state index contributed by atoms with van der Waals surface area (Å²) in [5, 5.41) is 2.42. The van der Waals surface area contributed by atoms with E-state index in [1.54, 1.807) is 0 Å². The Hall–Kier alpha value is -1.35. The van der Waals surface area contributed by atoms with Crippen LogP contribution in [-0.2, 0) is 14.9 Å². The molecule has 0 spiro atoms. The number of fused-ring (bicyclic) bond motifs is 1. The number of esters is 1. The SMILES string of the molecule is CC1(OC(=O)C2(c3ccccc3)CCCCCC2)CC2C[NH2+]CCC21. The van der Waals surface area contributed by atoms with Gasteiger partial charge in [0.15, 0.2) is 0 Å². The third kappa shape index (κ3) is 3.01. The standard InChI is InChI=1S/C22H31NO2/c1-21(15-17-16-23-14-11-19(17)21)25-20(24)22(12-7-2-3-8-13-22)18-9-5-4-6-10-18/h4-6,9-10,17,19,23H,2-3,7-8,11-16H2,1H3/p+1. The van der Waals surface area contributed by atoms with Gasteiger partial charge in [-0.05, 0) is 31.7 Å². The summed E-state index contributed by atoms with van der Waals surface area (Å²) in [5.41, 5.74) is 0.509. The number of carbonyl (C=O) groups is 1. The van der Waals surface area contributed by atoms with E-state index in [1.807, 2.05) is 6.07 Å². The quantitative estimate of drug-likeness (QED) is 0.677. The van der Waals surface area contributed by atoms with E-state index in [2.05, 4.69) is 36.5 Å². The summed E-state index contributed by atoms with van der Waals surface area (Å²) in [6.07, 6.45) is 8.84. The number of hydrogen-bond acceptors (Lipinski definition) is 2. The minimum atomic E-state index is -0.424. The summed E-state index contributed by atoms with van der Waals surface area (Å²) >= 11 is 0. The highest BCUT2D eigenvalue weighted by atomic mass is 16.6. The van der Waals surface area contributed by atoms with Crippen LogP contribution in [0, 0.1) is 11.8 Å². The number of quaternary nitrogens is 1. The van der Waals surface area contributed by atoms with Gasteiger partial charge in [-0.25, -0.2) is 0 Å². The number of nitrogens with two attached hydrogens (primary N) is 1. The van der Waals surface area contributed by atoms with E-state index in [-0.39, 0.29) is 11.6 Å². The molecule has 2 aliphatic carbocycles. The van der Waals surface area contributed by atoms with Crippen molar-refractivity contribution in [2.45, 2.75) is 69.3 Å². The first-order valence-electron chi connectivity index (χ1n) is 10.2. The van der Waals surface area contributed by atoms with E-state index in [1.165, 1.54) is 37.9 Å². The predicted molar refractivity (Wildman–Crippen MR) is 98.2 cm³/mol. The van der Waals surface area contributed by atoms with Crippen molar-refractivity contribution in [2.24, 2.45) is 11.8 Å². The summed E-state index contributed by atoms with van der Waals surface area (Å²) in [7, 11) is 0. The Labute approximate surface area is 151 Å². The molecule has 3 heteroatoms. The smallest absolute Gasteiger partial charge is 0.317 e. The summed E-state index contributed by atoms with van der Waals surface area (Å²) < 4.78 is 6.34. The van der Waals surface area contributed by atoms with Gasteiger partial charge < -0.3 is 10.1 Å². The van der Waals surface area contributed by atoms with Crippen molar-refractivity contribution in [3.63, 3.8) is 0 Å². The van der Waals surface area contributed by atoms with Gasteiger partial charge in [-0.2, -0.15) is 0 Å². The fourth-order valence-corrected chi connectivity index (χ4v) is 5.70. The second kappa shape index (κ2) is 6.75. The molecule has 0 amide bonds. The molecule has 0 radical (unpaired) electrons. The number of rotatable bonds is 3. The summed E-state index contributed by atoms with van der Waals surface area (Å²) in [6.45, 7) is 4.58. The zero-order valence-corrected chi connectivity index (χ0v) is 15.5. The van der Waals surface area contributed by atoms with E-state index < -0.39 is 5.41 Å². The normalized spacial score (nSPS) is 34.3. The summed E-state index contributed by atoms with van der Waals surface area (Å²) in [6, 6.07) is 10.4. The van der Waals surface area contributed by atoms with Crippen LogP contribution in [0.4, 0.5) is 0 Å². The maximum Gasteiger partial charge on any atom is 0.317 e. The van der Waals surface area contributed by atoms with Crippen LogP contribution in [0.1, 0.15) is 63.9 Å². The Morgan fingerprint density at radius 2 is 1.84 bits per heavy atom. The molecule has 1 heterocycles. The summed E-state index contributed by atoms with van der Waals surface area (Å²) in [4.78, 5) is 13.5. The van der Waals surface area contributed by atoms with Gasteiger partial charge in [-0.3, -0.25) is 4.79 Å². The molecule has 25 heavy (non-hydrogen) atoms. The molecule has 2 saturated carbocycles. The van der Waals surface area contributed by atoms with Crippen molar-refractivity contribution < 1.29 is 14.8 Å². The van der Waals surface area contributed by atoms with E-state index in [0.29, 0.717) is 5.92 Å². The third-order valence-corrected chi connectivity index (χ3v) is 7.17. The Balaban J connectivity index is 1.58. The highest BCUT2D eigenvalue weighted by Gasteiger charge is 2.57. The molecule has 136 valence electrons. The first-order valence-corrected chi connectivity index (χ1v) is 10.2. The molecule has 0 aromatic heterocycles. The van der Waals surface area contributed by atoms with Gasteiger partial charge in [0.2, 0.25) is 0 Å². The van der Waals surface area contributed by atoms with Crippen molar-refractivity contribution >= 4 is 5.97 Å². The third-order valence-electron chi connectivity index (χ3n) is 7.17. The van der Waals surface area contributed by atoms with E-state index in [9.17, 15) is 4.79 Å². The maximum atomic E-state index is 13.5. The number of benzene rings is 1. The van der Waals surface area contributed by atoms with Crippen LogP contribution < -0.4 is 5.32 Å². The van der Waals surface area contributed by atoms with Crippen LogP contribution in [0.25, 0.3) is 0 Å². The van der Waals surface area contributed by atoms with Crippen LogP contribution in [0.3, 0.4) is 0 Å². The topological polar surface area (TPSA) is 42.9 Å². The first-order chi connectivity index (χ1) is 12.1. The maximum absolute atomic E-state index is 13.5. The lowest BCUT2D eigenvalue weighted by Crippen LogP contribution is -2.90. The van der Waals surface area contributed by atoms with Crippen LogP contribution in [0.5, 0.6) is 0 Å². The zero-order chi connectivity index (χ0) is 17.3. The molecule has 3 fully saturated rings. The molecule has 3 aliphatic rings. The molecule has 3 atom stereocenters. The van der Waals surface area contributed by atoms with Gasteiger partial charge in [-0.15, -0.1) is 0 Å². The highest BCUT2D eigenvalue weighted by Crippen LogP contribution is 2.50. The van der Waals surface area contributed by atoms with Crippen molar-refractivity contribution in [3.05, 3.63) is 35.9 Å². The molecule has 4 rings (SSSR count). The molecule has 1 aliphatic heterocycles. The Morgan fingerprint density at radius 1 is 1.12 bits per heavy atom. The van der Waals surface area contributed by atoms with E-state index in [4.69, 9.17) is 4.74 Å². The lowest BCUT2D eigenvalue weighted by Gasteiger charge is -2.54. The minimum Gasteiger partial charge on any atom is -0.458 e. The van der Waals surface area contributed by atoms with Gasteiger partial charge in [0.05, 0.1) is 18.5 Å². The molecule has 3 unspecified atom stereocenters. The Bertz CT molecular complexity index is 606. The molecular formula is C22H32NO2+. The van der Waals surface area contributed by atoms with E-state index in [0.717, 1.165) is 38.0 Å². The monoisotopic (exact) mass is 342 g/mol. The van der Waals surface area contributed by atoms with Crippen LogP contribution >= 0.6 is 0 Å². The van der Waals surface area contributed by atoms with Gasteiger partial charge in [0, 0.05) is 18.3 Å². The lowest BCUT2D eigenvalue weighted by molar-refractivity contribution is -0.678. The van der Waals surface area contributed by atoms with Crippen molar-refractivity contribution in [2.75, 3.05) is 13.1 Å². The largest absolute Gasteiger partial charge is 0.458 e. The fourth-order valence-electron chi connectivity index (χ4n) is 5.70. The first kappa shape index (κ1) is 17.1. The van der Waals surface area contributed by atoms with Gasteiger partial charge in [0.1, 0.15) is 5.60 Å². The van der Waals surface area contributed by atoms with Crippen LogP contribution in [0.2, 0.25) is 0 Å². The predicted octanol–water partition coefficient (Wildman–Crippen LogP) is 3.18. The molecule has 3 nitrogen and oxygen atoms in total. The zero-order valence-electron chi connectivity index (χ0n) is 15.5. The van der Waals surface area contributed by atoms with E-state index >= 15 is 0 Å². The average molecular weight is 343 g/mol. The van der Waals surface area contributed by atoms with Crippen LogP contribution in [0.15, 0.2) is 30.3 Å². The van der Waals surface area contributed by atoms with Crippen molar-refractivity contribution in [1.82, 2.24) is 0 Å². The fraction of sp³-hybridized carbons (Fsp3) is 0.682. The second-order valence-corrected chi connectivity index (χ2v) is 8.74. The van der Waals surface area contributed by atoms with Crippen molar-refractivity contribution in [3.8, 4) is 0 Å². The molecule has 2 N–H and O–H groups in total. The Kier molecular flexibility index (Phi) is 4.61. The number of piperidine rings is 1.